The molecule has 19 heavy (non-hydrogen) atoms. The Labute approximate surface area is 114 Å². The molecule has 1 unspecified atom stereocenters. The van der Waals surface area contributed by atoms with Gasteiger partial charge in [0.05, 0.1) is 12.7 Å². The van der Waals surface area contributed by atoms with Gasteiger partial charge >= 0.3 is 0 Å². The second kappa shape index (κ2) is 6.35. The SMILES string of the molecule is COc1cccnc1C(O)C1(OC)CCCCCC1. The molecular formula is C15H23NO3. The van der Waals surface area contributed by atoms with E-state index in [1.165, 1.54) is 12.8 Å². The third-order valence-corrected chi connectivity index (χ3v) is 4.13. The minimum atomic E-state index is -0.744. The van der Waals surface area contributed by atoms with Gasteiger partial charge < -0.3 is 14.6 Å². The van der Waals surface area contributed by atoms with E-state index in [9.17, 15) is 5.11 Å². The maximum Gasteiger partial charge on any atom is 0.143 e. The third kappa shape index (κ3) is 2.90. The molecule has 0 spiro atoms. The van der Waals surface area contributed by atoms with Crippen molar-refractivity contribution in [3.63, 3.8) is 0 Å². The maximum absolute atomic E-state index is 10.8. The van der Waals surface area contributed by atoms with Crippen molar-refractivity contribution in [2.24, 2.45) is 0 Å². The van der Waals surface area contributed by atoms with E-state index in [0.717, 1.165) is 25.7 Å². The van der Waals surface area contributed by atoms with Gasteiger partial charge in [0, 0.05) is 13.3 Å². The fraction of sp³-hybridized carbons (Fsp3) is 0.667. The van der Waals surface area contributed by atoms with Crippen LogP contribution in [0.5, 0.6) is 5.75 Å². The zero-order valence-corrected chi connectivity index (χ0v) is 11.8. The summed E-state index contributed by atoms with van der Waals surface area (Å²) >= 11 is 0. The van der Waals surface area contributed by atoms with Gasteiger partial charge in [-0.1, -0.05) is 25.7 Å². The van der Waals surface area contributed by atoms with Crippen molar-refractivity contribution >= 4 is 0 Å². The highest BCUT2D eigenvalue weighted by Gasteiger charge is 2.41. The molecule has 0 radical (unpaired) electrons. The van der Waals surface area contributed by atoms with Gasteiger partial charge in [-0.05, 0) is 25.0 Å². The second-order valence-corrected chi connectivity index (χ2v) is 5.18. The van der Waals surface area contributed by atoms with Crippen LogP contribution in [0.15, 0.2) is 18.3 Å². The number of nitrogens with zero attached hydrogens (tertiary/aromatic N) is 1. The number of aliphatic hydroxyl groups excluding tert-OH is 1. The molecule has 4 heteroatoms. The molecule has 1 aliphatic carbocycles. The Kier molecular flexibility index (Phi) is 4.77. The average molecular weight is 265 g/mol. The molecule has 1 aromatic heterocycles. The number of hydrogen-bond acceptors (Lipinski definition) is 4. The summed E-state index contributed by atoms with van der Waals surface area (Å²) in [4.78, 5) is 4.29. The second-order valence-electron chi connectivity index (χ2n) is 5.18. The van der Waals surface area contributed by atoms with Crippen LogP contribution in [0.4, 0.5) is 0 Å². The van der Waals surface area contributed by atoms with Crippen molar-refractivity contribution in [1.29, 1.82) is 0 Å². The molecule has 1 aliphatic rings. The highest BCUT2D eigenvalue weighted by molar-refractivity contribution is 5.30. The molecule has 0 saturated heterocycles. The smallest absolute Gasteiger partial charge is 0.143 e. The molecule has 1 saturated carbocycles. The van der Waals surface area contributed by atoms with Crippen LogP contribution in [0, 0.1) is 0 Å². The first-order chi connectivity index (χ1) is 9.23. The molecule has 2 rings (SSSR count). The Hall–Kier alpha value is -1.13. The molecule has 106 valence electrons. The summed E-state index contributed by atoms with van der Waals surface area (Å²) in [5, 5.41) is 10.8. The van der Waals surface area contributed by atoms with Gasteiger partial charge in [0.15, 0.2) is 0 Å². The summed E-state index contributed by atoms with van der Waals surface area (Å²) < 4.78 is 11.0. The van der Waals surface area contributed by atoms with Crippen molar-refractivity contribution in [2.45, 2.75) is 50.2 Å². The quantitative estimate of drug-likeness (QED) is 0.850. The highest BCUT2D eigenvalue weighted by atomic mass is 16.5. The van der Waals surface area contributed by atoms with E-state index in [4.69, 9.17) is 9.47 Å². The van der Waals surface area contributed by atoms with Crippen molar-refractivity contribution < 1.29 is 14.6 Å². The van der Waals surface area contributed by atoms with E-state index >= 15 is 0 Å². The summed E-state index contributed by atoms with van der Waals surface area (Å²) in [5.41, 5.74) is 0.0479. The summed E-state index contributed by atoms with van der Waals surface area (Å²) in [6.45, 7) is 0. The van der Waals surface area contributed by atoms with Crippen LogP contribution in [0.3, 0.4) is 0 Å². The molecule has 1 N–H and O–H groups in total. The monoisotopic (exact) mass is 265 g/mol. The molecule has 1 atom stereocenters. The van der Waals surface area contributed by atoms with Crippen LogP contribution < -0.4 is 4.74 Å². The molecule has 1 aromatic rings. The lowest BCUT2D eigenvalue weighted by atomic mass is 9.86. The fourth-order valence-corrected chi connectivity index (χ4v) is 2.95. The normalized spacial score (nSPS) is 20.6. The Bertz CT molecular complexity index is 400. The Balaban J connectivity index is 2.31. The van der Waals surface area contributed by atoms with E-state index in [0.29, 0.717) is 11.4 Å². The zero-order valence-electron chi connectivity index (χ0n) is 11.8. The van der Waals surface area contributed by atoms with E-state index in [1.807, 2.05) is 12.1 Å². The van der Waals surface area contributed by atoms with Gasteiger partial charge in [0.1, 0.15) is 17.5 Å². The molecule has 0 aliphatic heterocycles. The fourth-order valence-electron chi connectivity index (χ4n) is 2.95. The lowest BCUT2D eigenvalue weighted by Gasteiger charge is -2.36. The van der Waals surface area contributed by atoms with E-state index in [-0.39, 0.29) is 0 Å². The summed E-state index contributed by atoms with van der Waals surface area (Å²) in [7, 11) is 3.28. The van der Waals surface area contributed by atoms with Crippen LogP contribution in [0.2, 0.25) is 0 Å². The first kappa shape index (κ1) is 14.3. The molecule has 0 aromatic carbocycles. The number of hydrogen-bond donors (Lipinski definition) is 1. The van der Waals surface area contributed by atoms with Crippen LogP contribution >= 0.6 is 0 Å². The van der Waals surface area contributed by atoms with Gasteiger partial charge in [-0.25, -0.2) is 0 Å². The zero-order chi connectivity index (χ0) is 13.7. The standard InChI is InChI=1S/C15H23NO3/c1-18-12-8-7-11-16-13(12)14(17)15(19-2)9-5-3-4-6-10-15/h7-8,11,14,17H,3-6,9-10H2,1-2H3. The Morgan fingerprint density at radius 1 is 1.21 bits per heavy atom. The number of aromatic nitrogens is 1. The minimum absolute atomic E-state index is 0.530. The minimum Gasteiger partial charge on any atom is -0.495 e. The topological polar surface area (TPSA) is 51.6 Å². The summed E-state index contributed by atoms with van der Waals surface area (Å²) in [6, 6.07) is 3.63. The molecule has 1 fully saturated rings. The first-order valence-electron chi connectivity index (χ1n) is 6.95. The van der Waals surface area contributed by atoms with E-state index < -0.39 is 11.7 Å². The first-order valence-corrected chi connectivity index (χ1v) is 6.95. The van der Waals surface area contributed by atoms with E-state index in [1.54, 1.807) is 20.4 Å². The van der Waals surface area contributed by atoms with Crippen LogP contribution in [-0.2, 0) is 4.74 Å². The highest BCUT2D eigenvalue weighted by Crippen LogP contribution is 2.41. The molecule has 1 heterocycles. The average Bonchev–Trinajstić information content (AvgIpc) is 2.72. The van der Waals surface area contributed by atoms with Gasteiger partial charge in [-0.3, -0.25) is 4.98 Å². The van der Waals surface area contributed by atoms with Gasteiger partial charge in [-0.15, -0.1) is 0 Å². The predicted molar refractivity (Wildman–Crippen MR) is 73.2 cm³/mol. The van der Waals surface area contributed by atoms with Crippen LogP contribution in [0.1, 0.15) is 50.3 Å². The van der Waals surface area contributed by atoms with Crippen molar-refractivity contribution in [1.82, 2.24) is 4.98 Å². The summed E-state index contributed by atoms with van der Waals surface area (Å²) in [5.74, 6) is 0.621. The summed E-state index contributed by atoms with van der Waals surface area (Å²) in [6.07, 6.45) is 7.25. The van der Waals surface area contributed by atoms with E-state index in [2.05, 4.69) is 4.98 Å². The molecular weight excluding hydrogens is 242 g/mol. The number of rotatable bonds is 4. The lowest BCUT2D eigenvalue weighted by molar-refractivity contribution is -0.116. The van der Waals surface area contributed by atoms with Gasteiger partial charge in [0.25, 0.3) is 0 Å². The maximum atomic E-state index is 10.8. The van der Waals surface area contributed by atoms with Crippen molar-refractivity contribution in [2.75, 3.05) is 14.2 Å². The Morgan fingerprint density at radius 2 is 1.89 bits per heavy atom. The third-order valence-electron chi connectivity index (χ3n) is 4.13. The van der Waals surface area contributed by atoms with Crippen LogP contribution in [0.25, 0.3) is 0 Å². The largest absolute Gasteiger partial charge is 0.495 e. The number of pyridine rings is 1. The van der Waals surface area contributed by atoms with Gasteiger partial charge in [0.2, 0.25) is 0 Å². The lowest BCUT2D eigenvalue weighted by Crippen LogP contribution is -2.38. The van der Waals surface area contributed by atoms with Crippen molar-refractivity contribution in [3.8, 4) is 5.75 Å². The molecule has 0 bridgehead atoms. The number of ether oxygens (including phenoxy) is 2. The predicted octanol–water partition coefficient (Wildman–Crippen LogP) is 2.86. The van der Waals surface area contributed by atoms with Gasteiger partial charge in [-0.2, -0.15) is 0 Å². The Morgan fingerprint density at radius 3 is 2.47 bits per heavy atom. The van der Waals surface area contributed by atoms with Crippen molar-refractivity contribution in [3.05, 3.63) is 24.0 Å². The molecule has 4 nitrogen and oxygen atoms in total. The van der Waals surface area contributed by atoms with Crippen LogP contribution in [-0.4, -0.2) is 29.9 Å². The molecule has 0 amide bonds. The number of methoxy groups -OCH3 is 2. The number of aliphatic hydroxyl groups is 1.